The predicted octanol–water partition coefficient (Wildman–Crippen LogP) is 2.97. The molecule has 0 aliphatic carbocycles. The lowest BCUT2D eigenvalue weighted by Crippen LogP contribution is -2.40. The molecule has 26 heavy (non-hydrogen) atoms. The van der Waals surface area contributed by atoms with Crippen molar-refractivity contribution in [2.45, 2.75) is 26.1 Å². The molecule has 2 N–H and O–H groups in total. The molecule has 1 fully saturated rings. The number of amides is 2. The zero-order chi connectivity index (χ0) is 19.6. The van der Waals surface area contributed by atoms with E-state index in [-0.39, 0.29) is 0 Å². The maximum atomic E-state index is 13.0. The van der Waals surface area contributed by atoms with Crippen LogP contribution in [0.15, 0.2) is 18.2 Å². The second-order valence-corrected chi connectivity index (χ2v) is 6.41. The van der Waals surface area contributed by atoms with Crippen LogP contribution in [0, 0.1) is 18.8 Å². The highest BCUT2D eigenvalue weighted by Crippen LogP contribution is 2.38. The largest absolute Gasteiger partial charge is 0.496 e. The molecule has 0 aromatic heterocycles. The summed E-state index contributed by atoms with van der Waals surface area (Å²) in [5.41, 5.74) is 1.62. The molecule has 9 heteroatoms. The van der Waals surface area contributed by atoms with Gasteiger partial charge < -0.3 is 20.1 Å². The Kier molecular flexibility index (Phi) is 5.68. The first-order valence-corrected chi connectivity index (χ1v) is 8.04. The fourth-order valence-electron chi connectivity index (χ4n) is 3.10. The van der Waals surface area contributed by atoms with E-state index in [0.29, 0.717) is 11.3 Å². The molecule has 3 atom stereocenters. The maximum absolute atomic E-state index is 13.0. The number of carboxylic acids is 1. The predicted molar refractivity (Wildman–Crippen MR) is 86.9 cm³/mol. The Labute approximate surface area is 148 Å². The van der Waals surface area contributed by atoms with Gasteiger partial charge in [-0.1, -0.05) is 17.7 Å². The van der Waals surface area contributed by atoms with Crippen LogP contribution < -0.4 is 10.1 Å². The van der Waals surface area contributed by atoms with Gasteiger partial charge in [0.05, 0.1) is 25.0 Å². The second kappa shape index (κ2) is 7.43. The zero-order valence-corrected chi connectivity index (χ0v) is 14.6. The van der Waals surface area contributed by atoms with Crippen LogP contribution in [0.3, 0.4) is 0 Å². The number of methoxy groups -OCH3 is 1. The van der Waals surface area contributed by atoms with E-state index in [1.54, 1.807) is 13.0 Å². The minimum atomic E-state index is -4.68. The second-order valence-electron chi connectivity index (χ2n) is 6.41. The highest BCUT2D eigenvalue weighted by molar-refractivity contribution is 5.78. The molecule has 1 aliphatic heterocycles. The lowest BCUT2D eigenvalue weighted by atomic mass is 9.96. The van der Waals surface area contributed by atoms with Gasteiger partial charge in [-0.15, -0.1) is 0 Å². The van der Waals surface area contributed by atoms with E-state index < -0.39 is 49.1 Å². The molecule has 1 unspecified atom stereocenters. The van der Waals surface area contributed by atoms with Gasteiger partial charge in [0.25, 0.3) is 0 Å². The highest BCUT2D eigenvalue weighted by Gasteiger charge is 2.53. The Morgan fingerprint density at radius 3 is 2.50 bits per heavy atom. The summed E-state index contributed by atoms with van der Waals surface area (Å²) in [6.07, 6.45) is -4.68. The zero-order valence-electron chi connectivity index (χ0n) is 14.6. The molecule has 0 radical (unpaired) electrons. The molecule has 1 aromatic carbocycles. The van der Waals surface area contributed by atoms with Crippen LogP contribution in [0.25, 0.3) is 0 Å². The summed E-state index contributed by atoms with van der Waals surface area (Å²) in [4.78, 5) is 24.4. The summed E-state index contributed by atoms with van der Waals surface area (Å²) in [5, 5.41) is 11.6. The number of carboxylic acid groups (broad SMARTS) is 1. The van der Waals surface area contributed by atoms with Crippen molar-refractivity contribution < 1.29 is 32.6 Å². The third-order valence-electron chi connectivity index (χ3n) is 4.54. The van der Waals surface area contributed by atoms with Crippen molar-refractivity contribution in [2.24, 2.45) is 11.8 Å². The van der Waals surface area contributed by atoms with E-state index in [9.17, 15) is 22.8 Å². The Morgan fingerprint density at radius 2 is 2.00 bits per heavy atom. The van der Waals surface area contributed by atoms with Crippen LogP contribution >= 0.6 is 0 Å². The summed E-state index contributed by atoms with van der Waals surface area (Å²) in [7, 11) is 1.48. The van der Waals surface area contributed by atoms with Gasteiger partial charge in [-0.2, -0.15) is 13.2 Å². The van der Waals surface area contributed by atoms with Gasteiger partial charge in [0.1, 0.15) is 5.75 Å². The first kappa shape index (κ1) is 19.9. The molecule has 0 bridgehead atoms. The number of carbonyl (C=O) groups is 2. The fourth-order valence-corrected chi connectivity index (χ4v) is 3.10. The normalized spacial score (nSPS) is 21.4. The van der Waals surface area contributed by atoms with Gasteiger partial charge in [0.15, 0.2) is 0 Å². The molecule has 1 aliphatic rings. The van der Waals surface area contributed by atoms with Crippen LogP contribution in [-0.2, 0) is 4.79 Å². The van der Waals surface area contributed by atoms with Crippen molar-refractivity contribution in [3.8, 4) is 5.75 Å². The number of aryl methyl sites for hydroxylation is 1. The number of ether oxygens (including phenoxy) is 1. The number of nitrogens with one attached hydrogen (secondary N) is 1. The summed E-state index contributed by atoms with van der Waals surface area (Å²) in [6, 6.07) is 4.13. The smallest absolute Gasteiger partial charge is 0.394 e. The Balaban J connectivity index is 2.13. The maximum Gasteiger partial charge on any atom is 0.394 e. The Bertz CT molecular complexity index is 693. The van der Waals surface area contributed by atoms with Crippen molar-refractivity contribution >= 4 is 12.0 Å². The van der Waals surface area contributed by atoms with E-state index in [1.165, 1.54) is 7.11 Å². The summed E-state index contributed by atoms with van der Waals surface area (Å²) in [5.74, 6) is -4.75. The molecular formula is C17H21F3N2O4. The monoisotopic (exact) mass is 374 g/mol. The van der Waals surface area contributed by atoms with Gasteiger partial charge in [-0.05, 0) is 19.9 Å². The van der Waals surface area contributed by atoms with Crippen molar-refractivity contribution in [2.75, 3.05) is 20.2 Å². The first-order chi connectivity index (χ1) is 12.0. The van der Waals surface area contributed by atoms with Crippen LogP contribution in [0.5, 0.6) is 5.75 Å². The molecular weight excluding hydrogens is 353 g/mol. The standard InChI is InChI=1S/C17H21F3N2O4/c1-9-4-5-14(26-3)11(6-9)10(2)21-16(25)22-7-12(15(23)24)13(8-22)17(18,19)20/h4-6,10,12-13H,7-8H2,1-3H3,(H,21,25)(H,23,24)/t10?,12-,13-/m1/s1. The highest BCUT2D eigenvalue weighted by atomic mass is 19.4. The molecule has 6 nitrogen and oxygen atoms in total. The molecule has 144 valence electrons. The third kappa shape index (κ3) is 4.20. The van der Waals surface area contributed by atoms with Gasteiger partial charge in [-0.3, -0.25) is 4.79 Å². The topological polar surface area (TPSA) is 78.9 Å². The molecule has 2 amide bonds. The molecule has 1 heterocycles. The average molecular weight is 374 g/mol. The summed E-state index contributed by atoms with van der Waals surface area (Å²) in [6.45, 7) is 2.39. The van der Waals surface area contributed by atoms with E-state index in [0.717, 1.165) is 10.5 Å². The first-order valence-electron chi connectivity index (χ1n) is 8.04. The quantitative estimate of drug-likeness (QED) is 0.849. The van der Waals surface area contributed by atoms with E-state index in [4.69, 9.17) is 9.84 Å². The number of halogens is 3. The number of likely N-dealkylation sites (tertiary alicyclic amines) is 1. The van der Waals surface area contributed by atoms with E-state index in [2.05, 4.69) is 5.32 Å². The summed E-state index contributed by atoms with van der Waals surface area (Å²) >= 11 is 0. The van der Waals surface area contributed by atoms with Crippen LogP contribution in [0.1, 0.15) is 24.1 Å². The number of hydrogen-bond acceptors (Lipinski definition) is 3. The number of benzene rings is 1. The number of carbonyl (C=O) groups excluding carboxylic acids is 1. The van der Waals surface area contributed by atoms with Crippen molar-refractivity contribution in [1.29, 1.82) is 0 Å². The number of hydrogen-bond donors (Lipinski definition) is 2. The van der Waals surface area contributed by atoms with Crippen LogP contribution in [-0.4, -0.2) is 48.4 Å². The van der Waals surface area contributed by atoms with Crippen LogP contribution in [0.4, 0.5) is 18.0 Å². The minimum Gasteiger partial charge on any atom is -0.496 e. The van der Waals surface area contributed by atoms with Crippen molar-refractivity contribution in [1.82, 2.24) is 10.2 Å². The van der Waals surface area contributed by atoms with Crippen LogP contribution in [0.2, 0.25) is 0 Å². The van der Waals surface area contributed by atoms with Gasteiger partial charge >= 0.3 is 18.2 Å². The molecule has 1 aromatic rings. The lowest BCUT2D eigenvalue weighted by molar-refractivity contribution is -0.187. The molecule has 2 rings (SSSR count). The number of rotatable bonds is 4. The minimum absolute atomic E-state index is 0.483. The number of nitrogens with zero attached hydrogens (tertiary/aromatic N) is 1. The molecule has 0 saturated carbocycles. The van der Waals surface area contributed by atoms with Gasteiger partial charge in [0, 0.05) is 18.7 Å². The van der Waals surface area contributed by atoms with Crippen molar-refractivity contribution in [3.05, 3.63) is 29.3 Å². The van der Waals surface area contributed by atoms with Gasteiger partial charge in [0.2, 0.25) is 0 Å². The van der Waals surface area contributed by atoms with E-state index in [1.807, 2.05) is 19.1 Å². The van der Waals surface area contributed by atoms with E-state index >= 15 is 0 Å². The number of alkyl halides is 3. The Hall–Kier alpha value is -2.45. The van der Waals surface area contributed by atoms with Crippen molar-refractivity contribution in [3.63, 3.8) is 0 Å². The summed E-state index contributed by atoms with van der Waals surface area (Å²) < 4.78 is 44.4. The lowest BCUT2D eigenvalue weighted by Gasteiger charge is -2.23. The number of urea groups is 1. The SMILES string of the molecule is COc1ccc(C)cc1C(C)NC(=O)N1C[C@@H](C(F)(F)F)[C@H](C(=O)O)C1. The third-order valence-corrected chi connectivity index (χ3v) is 4.54. The van der Waals surface area contributed by atoms with Gasteiger partial charge in [-0.25, -0.2) is 4.79 Å². The molecule has 1 saturated heterocycles. The average Bonchev–Trinajstić information content (AvgIpc) is 3.00. The molecule has 0 spiro atoms. The fraction of sp³-hybridized carbons (Fsp3) is 0.529. The Morgan fingerprint density at radius 1 is 1.35 bits per heavy atom. The number of aliphatic carboxylic acids is 1.